The molecule has 0 amide bonds. The minimum Gasteiger partial charge on any atom is -0.762 e. The van der Waals surface area contributed by atoms with Gasteiger partial charge in [-0.25, -0.2) is 29.6 Å². The predicted molar refractivity (Wildman–Crippen MR) is 374 cm³/mol. The second-order valence-corrected chi connectivity index (χ2v) is 24.9. The van der Waals surface area contributed by atoms with Crippen LogP contribution in [0.2, 0.25) is 0 Å². The topological polar surface area (TPSA) is 112 Å². The van der Waals surface area contributed by atoms with E-state index in [1.54, 1.807) is 57.0 Å². The van der Waals surface area contributed by atoms with E-state index >= 15 is 0 Å². The standard InChI is InChI=1S/2C9H16N2OS2.2C8H16N4S2.2C7H14N4S3.Ni.2Pt/c2*1-3-5-10-7(13)8(14)11(6-4-2)9(10)12;2*1-6-11(9(2)3)7(13)8(14)12(6)10(4)5;2*1-8(2)10-5(12)6(13)11(7(10)14)9(3)4;;;/h2*13-14H,3-6H2,1-2H3;2*13-14H,1H2,2-5H3;2*12-13H,1-4H3;;;/q;;;;;;;2*+4/p-12. The summed E-state index contributed by atoms with van der Waals surface area (Å²) in [6.07, 6.45) is 3.59. The molecule has 0 fully saturated rings. The summed E-state index contributed by atoms with van der Waals surface area (Å²) in [5, 5.41) is 28.7. The van der Waals surface area contributed by atoms with Crippen LogP contribution in [0.15, 0.2) is 94.7 Å². The molecule has 0 bridgehead atoms. The van der Waals surface area contributed by atoms with E-state index in [2.05, 4.69) is 13.2 Å². The number of hydrogen-bond donors (Lipinski definition) is 0. The van der Waals surface area contributed by atoms with Crippen molar-refractivity contribution in [2.75, 3.05) is 133 Å². The summed E-state index contributed by atoms with van der Waals surface area (Å²) >= 11 is 72.7. The number of nitrogens with zero attached hydrogens (tertiary/aromatic N) is 20. The monoisotopic (exact) mass is 1860 g/mol. The van der Waals surface area contributed by atoms with Crippen LogP contribution >= 0.6 is 24.4 Å². The first-order valence-electron chi connectivity index (χ1n) is 25.7. The van der Waals surface area contributed by atoms with Crippen molar-refractivity contribution in [1.82, 2.24) is 77.0 Å². The van der Waals surface area contributed by atoms with Gasteiger partial charge in [0.15, 0.2) is 0 Å². The molecule has 0 radical (unpaired) electrons. The van der Waals surface area contributed by atoms with Gasteiger partial charge >= 0.3 is 53.5 Å². The van der Waals surface area contributed by atoms with Crippen molar-refractivity contribution in [1.29, 1.82) is 0 Å². The van der Waals surface area contributed by atoms with Gasteiger partial charge in [0.1, 0.15) is 11.6 Å². The molecule has 2 aliphatic heterocycles. The maximum atomic E-state index is 11.8. The van der Waals surface area contributed by atoms with E-state index in [1.165, 1.54) is 0 Å². The van der Waals surface area contributed by atoms with Crippen molar-refractivity contribution in [2.24, 2.45) is 0 Å². The normalized spacial score (nSPS) is 12.6. The fraction of sp³-hybridized carbons (Fsp3) is 0.583. The minimum atomic E-state index is -0.0521. The number of hydrazine groups is 4. The van der Waals surface area contributed by atoms with E-state index in [1.807, 2.05) is 181 Å². The Balaban J connectivity index is -0.000000967. The van der Waals surface area contributed by atoms with E-state index in [-0.39, 0.29) is 70.0 Å². The molecule has 0 saturated heterocycles. The van der Waals surface area contributed by atoms with Crippen molar-refractivity contribution >= 4 is 176 Å². The summed E-state index contributed by atoms with van der Waals surface area (Å²) in [5.74, 6) is 1.52. The van der Waals surface area contributed by atoms with E-state index in [0.717, 1.165) is 37.3 Å². The van der Waals surface area contributed by atoms with E-state index < -0.39 is 0 Å². The predicted octanol–water partition coefficient (Wildman–Crippen LogP) is 3.50. The molecule has 0 aliphatic carbocycles. The molecule has 39 heteroatoms. The van der Waals surface area contributed by atoms with Gasteiger partial charge in [0.25, 0.3) is 0 Å². The third-order valence-electron chi connectivity index (χ3n) is 11.2. The Hall–Kier alpha value is -1.41. The van der Waals surface area contributed by atoms with Gasteiger partial charge in [-0.15, -0.1) is 20.1 Å². The van der Waals surface area contributed by atoms with Gasteiger partial charge in [0, 0.05) is 155 Å². The van der Waals surface area contributed by atoms with Gasteiger partial charge in [-0.2, -0.15) is 0 Å². The van der Waals surface area contributed by atoms with Crippen LogP contribution in [-0.2, 0) is 236 Å². The number of aromatic nitrogens is 8. The third kappa shape index (κ3) is 21.8. The Labute approximate surface area is 632 Å². The SMILES string of the molecule is C=C1N(N(C)C)C([S-])=C([S-])N1N(C)C.C=C1N(N(C)C)C([S-])=C([S-])N1N(C)C.CCCn1c([S-])c([S-])n(CCC)c1=O.CCCn1c([S-])c([S-])n(CCC)c1=O.CN(C)n1c([S-])c([S-])n(N(C)C)c1=S.CN(C)n1c([S-])c([S-])n(N(C)C)c1=S.[Ni].[Pt+4].[Pt+4]. The maximum Gasteiger partial charge on any atom is 4.00 e. The second-order valence-electron chi connectivity index (χ2n) is 19.5. The minimum absolute atomic E-state index is 0. The Morgan fingerprint density at radius 1 is 0.322 bits per heavy atom. The van der Waals surface area contributed by atoms with Gasteiger partial charge in [0.05, 0.1) is 0 Å². The Morgan fingerprint density at radius 2 is 0.471 bits per heavy atom. The van der Waals surface area contributed by atoms with Crippen LogP contribution in [0.25, 0.3) is 0 Å². The number of rotatable bonds is 16. The summed E-state index contributed by atoms with van der Waals surface area (Å²) in [4.78, 5) is 23.6. The molecule has 87 heavy (non-hydrogen) atoms. The molecular weight excluding hydrogens is 1790 g/mol. The third-order valence-corrected chi connectivity index (χ3v) is 17.3. The molecule has 6 rings (SSSR count). The largest absolute Gasteiger partial charge is 4.00 e. The molecular formula is C48H80N20NiO2Pt2S14-4. The van der Waals surface area contributed by atoms with Gasteiger partial charge in [-0.1, -0.05) is 81.1 Å². The zero-order valence-corrected chi connectivity index (χ0v) is 69.5. The number of hydrogen-bond acceptors (Lipinski definition) is 28. The van der Waals surface area contributed by atoms with Gasteiger partial charge in [-0.3, -0.25) is 38.7 Å². The fourth-order valence-corrected chi connectivity index (χ4v) is 12.9. The van der Waals surface area contributed by atoms with E-state index in [4.69, 9.17) is 176 Å². The second kappa shape index (κ2) is 40.6. The Kier molecular flexibility index (Phi) is 41.9. The molecule has 0 saturated carbocycles. The van der Waals surface area contributed by atoms with Crippen molar-refractivity contribution in [2.45, 2.75) is 120 Å². The fourth-order valence-electron chi connectivity index (χ4n) is 7.74. The zero-order chi connectivity index (χ0) is 65.6. The first kappa shape index (κ1) is 89.8. The quantitative estimate of drug-likeness (QED) is 0.0927. The van der Waals surface area contributed by atoms with Crippen molar-refractivity contribution in [3.63, 3.8) is 0 Å². The van der Waals surface area contributed by atoms with Gasteiger partial charge in [0.2, 0.25) is 9.54 Å². The zero-order valence-electron chi connectivity index (χ0n) is 52.5. The summed E-state index contributed by atoms with van der Waals surface area (Å²) in [6.45, 7) is 18.6. The van der Waals surface area contributed by atoms with Crippen LogP contribution in [0, 0.1) is 9.54 Å². The molecule has 0 N–H and O–H groups in total. The van der Waals surface area contributed by atoms with Crippen LogP contribution in [-0.4, -0.2) is 190 Å². The average molecular weight is 1870 g/mol. The van der Waals surface area contributed by atoms with Crippen molar-refractivity contribution in [3.05, 3.63) is 75.4 Å². The first-order valence-corrected chi connectivity index (χ1v) is 31.4. The van der Waals surface area contributed by atoms with E-state index in [9.17, 15) is 9.59 Å². The Bertz CT molecular complexity index is 2780. The first-order chi connectivity index (χ1) is 38.8. The molecule has 0 aromatic carbocycles. The average Bonchev–Trinajstić information content (AvgIpc) is 3.19. The summed E-state index contributed by atoms with van der Waals surface area (Å²) in [5.41, 5.74) is -0.104. The molecule has 22 nitrogen and oxygen atoms in total. The molecule has 0 spiro atoms. The molecule has 6 heterocycles. The van der Waals surface area contributed by atoms with Crippen LogP contribution in [0.5, 0.6) is 0 Å². The van der Waals surface area contributed by atoms with Gasteiger partial charge < -0.3 is 190 Å². The molecule has 0 atom stereocenters. The van der Waals surface area contributed by atoms with Crippen LogP contribution in [0.1, 0.15) is 53.4 Å². The van der Waals surface area contributed by atoms with Crippen LogP contribution < -0.4 is 31.4 Å². The van der Waals surface area contributed by atoms with Crippen molar-refractivity contribution < 1.29 is 58.6 Å². The Morgan fingerprint density at radius 3 is 0.563 bits per heavy atom. The van der Waals surface area contributed by atoms with Gasteiger partial charge in [-0.05, 0) is 50.1 Å². The maximum absolute atomic E-state index is 11.8. The molecule has 0 unspecified atom stereocenters. The van der Waals surface area contributed by atoms with Crippen molar-refractivity contribution in [3.8, 4) is 0 Å². The van der Waals surface area contributed by atoms with Crippen LogP contribution in [0.4, 0.5) is 0 Å². The van der Waals surface area contributed by atoms with E-state index in [0.29, 0.717) is 96.0 Å². The molecule has 502 valence electrons. The molecule has 4 aromatic heterocycles. The summed E-state index contributed by atoms with van der Waals surface area (Å²) in [7, 11) is 30.2. The molecule has 4 aromatic rings. The van der Waals surface area contributed by atoms with Crippen LogP contribution in [0.3, 0.4) is 0 Å². The molecule has 2 aliphatic rings. The number of imidazole rings is 4. The summed E-state index contributed by atoms with van der Waals surface area (Å²) < 4.78 is 14.5. The smallest absolute Gasteiger partial charge is 0.762 e. The summed E-state index contributed by atoms with van der Waals surface area (Å²) in [6, 6.07) is 0.